The highest BCUT2D eigenvalue weighted by Crippen LogP contribution is 2.09. The average Bonchev–Trinajstić information content (AvgIpc) is 2.76. The summed E-state index contributed by atoms with van der Waals surface area (Å²) < 4.78 is 5.40. The molecule has 1 fully saturated rings. The SMILES string of the molecule is CC1CNCC(C)CN(CCc2ccco2)C1. The van der Waals surface area contributed by atoms with Crippen molar-refractivity contribution in [1.29, 1.82) is 0 Å². The van der Waals surface area contributed by atoms with Crippen molar-refractivity contribution in [3.63, 3.8) is 0 Å². The van der Waals surface area contributed by atoms with Crippen molar-refractivity contribution in [2.45, 2.75) is 20.3 Å². The zero-order valence-corrected chi connectivity index (χ0v) is 11.0. The molecule has 0 saturated carbocycles. The van der Waals surface area contributed by atoms with Crippen LogP contribution in [0.2, 0.25) is 0 Å². The summed E-state index contributed by atoms with van der Waals surface area (Å²) in [4.78, 5) is 2.58. The fourth-order valence-corrected chi connectivity index (χ4v) is 2.57. The quantitative estimate of drug-likeness (QED) is 0.870. The first-order chi connectivity index (χ1) is 8.24. The molecule has 0 bridgehead atoms. The molecule has 2 heterocycles. The van der Waals surface area contributed by atoms with Gasteiger partial charge in [0.1, 0.15) is 5.76 Å². The van der Waals surface area contributed by atoms with Crippen LogP contribution in [0.3, 0.4) is 0 Å². The minimum Gasteiger partial charge on any atom is -0.469 e. The van der Waals surface area contributed by atoms with Crippen molar-refractivity contribution in [3.8, 4) is 0 Å². The number of nitrogens with one attached hydrogen (secondary N) is 1. The predicted molar refractivity (Wildman–Crippen MR) is 70.0 cm³/mol. The van der Waals surface area contributed by atoms with E-state index in [1.165, 1.54) is 13.1 Å². The number of furan rings is 1. The Morgan fingerprint density at radius 3 is 2.59 bits per heavy atom. The van der Waals surface area contributed by atoms with Gasteiger partial charge in [-0.05, 0) is 37.1 Å². The summed E-state index contributed by atoms with van der Waals surface area (Å²) in [6.07, 6.45) is 2.79. The van der Waals surface area contributed by atoms with Gasteiger partial charge >= 0.3 is 0 Å². The van der Waals surface area contributed by atoms with Crippen LogP contribution < -0.4 is 5.32 Å². The largest absolute Gasteiger partial charge is 0.469 e. The van der Waals surface area contributed by atoms with Crippen LogP contribution >= 0.6 is 0 Å². The van der Waals surface area contributed by atoms with Crippen LogP contribution in [0.1, 0.15) is 19.6 Å². The van der Waals surface area contributed by atoms with Crippen LogP contribution in [0.25, 0.3) is 0 Å². The van der Waals surface area contributed by atoms with Crippen LogP contribution in [-0.4, -0.2) is 37.6 Å². The van der Waals surface area contributed by atoms with E-state index in [1.54, 1.807) is 6.26 Å². The third-order valence-electron chi connectivity index (χ3n) is 3.38. The second-order valence-corrected chi connectivity index (χ2v) is 5.46. The Kier molecular flexibility index (Phi) is 4.63. The summed E-state index contributed by atoms with van der Waals surface area (Å²) >= 11 is 0. The molecule has 2 atom stereocenters. The van der Waals surface area contributed by atoms with E-state index < -0.39 is 0 Å². The van der Waals surface area contributed by atoms with Gasteiger partial charge in [0.15, 0.2) is 0 Å². The standard InChI is InChI=1S/C14H24N2O/c1-12-8-15-9-13(2)11-16(10-12)6-5-14-4-3-7-17-14/h3-4,7,12-13,15H,5-6,8-11H2,1-2H3. The second kappa shape index (κ2) is 6.22. The topological polar surface area (TPSA) is 28.4 Å². The van der Waals surface area contributed by atoms with Crippen molar-refractivity contribution in [3.05, 3.63) is 24.2 Å². The van der Waals surface area contributed by atoms with E-state index in [2.05, 4.69) is 30.1 Å². The normalized spacial score (nSPS) is 27.6. The van der Waals surface area contributed by atoms with Gasteiger partial charge in [0.25, 0.3) is 0 Å². The van der Waals surface area contributed by atoms with E-state index in [1.807, 2.05) is 6.07 Å². The maximum atomic E-state index is 5.40. The zero-order valence-electron chi connectivity index (χ0n) is 11.0. The first kappa shape index (κ1) is 12.7. The number of hydrogen-bond acceptors (Lipinski definition) is 3. The van der Waals surface area contributed by atoms with Gasteiger partial charge in [-0.25, -0.2) is 0 Å². The molecule has 2 unspecified atom stereocenters. The second-order valence-electron chi connectivity index (χ2n) is 5.46. The van der Waals surface area contributed by atoms with Crippen molar-refractivity contribution < 1.29 is 4.42 Å². The lowest BCUT2D eigenvalue weighted by Gasteiger charge is -2.31. The summed E-state index contributed by atoms with van der Waals surface area (Å²) in [6.45, 7) is 10.4. The predicted octanol–water partition coefficient (Wildman–Crippen LogP) is 2.00. The third-order valence-corrected chi connectivity index (χ3v) is 3.38. The molecule has 17 heavy (non-hydrogen) atoms. The van der Waals surface area contributed by atoms with Gasteiger partial charge in [0.05, 0.1) is 6.26 Å². The lowest BCUT2D eigenvalue weighted by atomic mass is 10.1. The molecule has 1 saturated heterocycles. The first-order valence-corrected chi connectivity index (χ1v) is 6.69. The van der Waals surface area contributed by atoms with E-state index >= 15 is 0 Å². The molecule has 0 amide bonds. The van der Waals surface area contributed by atoms with Crippen LogP contribution in [0, 0.1) is 11.8 Å². The molecule has 96 valence electrons. The highest BCUT2D eigenvalue weighted by Gasteiger charge is 2.17. The van der Waals surface area contributed by atoms with Crippen molar-refractivity contribution in [2.75, 3.05) is 32.7 Å². The lowest BCUT2D eigenvalue weighted by Crippen LogP contribution is -2.43. The van der Waals surface area contributed by atoms with Gasteiger partial charge < -0.3 is 14.6 Å². The molecule has 3 heteroatoms. The molecule has 1 N–H and O–H groups in total. The highest BCUT2D eigenvalue weighted by atomic mass is 16.3. The molecule has 0 aliphatic carbocycles. The fourth-order valence-electron chi connectivity index (χ4n) is 2.57. The Labute approximate surface area is 104 Å². The number of rotatable bonds is 3. The van der Waals surface area contributed by atoms with Gasteiger partial charge in [-0.15, -0.1) is 0 Å². The molecule has 1 aromatic rings. The van der Waals surface area contributed by atoms with Crippen LogP contribution in [0.5, 0.6) is 0 Å². The highest BCUT2D eigenvalue weighted by molar-refractivity contribution is 4.98. The van der Waals surface area contributed by atoms with Gasteiger partial charge in [-0.2, -0.15) is 0 Å². The Bertz CT molecular complexity index is 298. The monoisotopic (exact) mass is 236 g/mol. The summed E-state index contributed by atoms with van der Waals surface area (Å²) in [5.74, 6) is 2.57. The molecular weight excluding hydrogens is 212 g/mol. The van der Waals surface area contributed by atoms with Gasteiger partial charge in [0, 0.05) is 26.1 Å². The number of nitrogens with zero attached hydrogens (tertiary/aromatic N) is 1. The molecule has 0 spiro atoms. The van der Waals surface area contributed by atoms with Gasteiger partial charge in [0.2, 0.25) is 0 Å². The number of hydrogen-bond donors (Lipinski definition) is 1. The van der Waals surface area contributed by atoms with E-state index in [-0.39, 0.29) is 0 Å². The Morgan fingerprint density at radius 2 is 2.00 bits per heavy atom. The van der Waals surface area contributed by atoms with E-state index in [0.717, 1.165) is 43.7 Å². The van der Waals surface area contributed by atoms with E-state index in [4.69, 9.17) is 4.42 Å². The molecule has 2 rings (SSSR count). The molecule has 0 radical (unpaired) electrons. The van der Waals surface area contributed by atoms with E-state index in [0.29, 0.717) is 0 Å². The maximum absolute atomic E-state index is 5.40. The minimum atomic E-state index is 0.735. The summed E-state index contributed by atoms with van der Waals surface area (Å²) in [5.41, 5.74) is 0. The Hall–Kier alpha value is -0.800. The smallest absolute Gasteiger partial charge is 0.105 e. The van der Waals surface area contributed by atoms with Crippen LogP contribution in [0.15, 0.2) is 22.8 Å². The molecule has 0 aromatic carbocycles. The summed E-state index contributed by atoms with van der Waals surface area (Å²) in [6, 6.07) is 4.04. The Morgan fingerprint density at radius 1 is 1.29 bits per heavy atom. The van der Waals surface area contributed by atoms with Gasteiger partial charge in [-0.3, -0.25) is 0 Å². The Balaban J connectivity index is 1.83. The van der Waals surface area contributed by atoms with Crippen LogP contribution in [0.4, 0.5) is 0 Å². The minimum absolute atomic E-state index is 0.735. The maximum Gasteiger partial charge on any atom is 0.105 e. The third kappa shape index (κ3) is 4.17. The van der Waals surface area contributed by atoms with Crippen molar-refractivity contribution >= 4 is 0 Å². The zero-order chi connectivity index (χ0) is 12.1. The van der Waals surface area contributed by atoms with Crippen molar-refractivity contribution in [2.24, 2.45) is 11.8 Å². The lowest BCUT2D eigenvalue weighted by molar-refractivity contribution is 0.185. The first-order valence-electron chi connectivity index (χ1n) is 6.69. The molecule has 3 nitrogen and oxygen atoms in total. The van der Waals surface area contributed by atoms with Gasteiger partial charge in [-0.1, -0.05) is 13.8 Å². The van der Waals surface area contributed by atoms with E-state index in [9.17, 15) is 0 Å². The molecular formula is C14H24N2O. The molecule has 1 aliphatic heterocycles. The van der Waals surface area contributed by atoms with Crippen molar-refractivity contribution in [1.82, 2.24) is 10.2 Å². The fraction of sp³-hybridized carbons (Fsp3) is 0.714. The summed E-state index contributed by atoms with van der Waals surface area (Å²) in [7, 11) is 0. The molecule has 1 aliphatic rings. The van der Waals surface area contributed by atoms with Crippen LogP contribution in [-0.2, 0) is 6.42 Å². The average molecular weight is 236 g/mol. The summed E-state index contributed by atoms with van der Waals surface area (Å²) in [5, 5.41) is 3.53. The molecule has 1 aromatic heterocycles.